The molecule has 1 saturated heterocycles. The number of amides is 1. The molecule has 3 atom stereocenters. The fraction of sp³-hybridized carbons (Fsp3) is 0.250. The van der Waals surface area contributed by atoms with Crippen LogP contribution in [-0.4, -0.2) is 26.7 Å². The summed E-state index contributed by atoms with van der Waals surface area (Å²) in [4.78, 5) is 12.0. The third kappa shape index (κ3) is 8.42. The van der Waals surface area contributed by atoms with E-state index in [1.807, 2.05) is 78.9 Å². The van der Waals surface area contributed by atoms with E-state index in [0.717, 1.165) is 38.1 Å². The Morgan fingerprint density at radius 2 is 1.67 bits per heavy atom. The fourth-order valence-electron chi connectivity index (χ4n) is 4.73. The van der Waals surface area contributed by atoms with Gasteiger partial charge in [0.1, 0.15) is 0 Å². The number of halogens is 3. The second-order valence-corrected chi connectivity index (χ2v) is 13.4. The first-order chi connectivity index (χ1) is 20.7. The average Bonchev–Trinajstić information content (AvgIpc) is 3.03. The summed E-state index contributed by atoms with van der Waals surface area (Å²) in [5, 5.41) is 24.9. The maximum Gasteiger partial charge on any atom is 0.272 e. The summed E-state index contributed by atoms with van der Waals surface area (Å²) >= 11 is 18.5. The van der Waals surface area contributed by atoms with Gasteiger partial charge in [-0.3, -0.25) is 4.79 Å². The van der Waals surface area contributed by atoms with Crippen LogP contribution in [0.5, 0.6) is 0 Å². The molecule has 1 fully saturated rings. The number of rotatable bonds is 9. The van der Waals surface area contributed by atoms with E-state index in [2.05, 4.69) is 5.32 Å². The van der Waals surface area contributed by atoms with Crippen molar-refractivity contribution in [3.63, 3.8) is 0 Å². The third-order valence-electron chi connectivity index (χ3n) is 6.95. The van der Waals surface area contributed by atoms with E-state index in [9.17, 15) is 15.1 Å². The molecule has 7 nitrogen and oxygen atoms in total. The predicted molar refractivity (Wildman–Crippen MR) is 169 cm³/mol. The highest BCUT2D eigenvalue weighted by atomic mass is 35.6. The van der Waals surface area contributed by atoms with Crippen LogP contribution in [0.2, 0.25) is 0 Å². The van der Waals surface area contributed by atoms with Gasteiger partial charge in [0.05, 0.1) is 18.8 Å². The largest absolute Gasteiger partial charge is 0.618 e. The van der Waals surface area contributed by atoms with Crippen molar-refractivity contribution in [2.75, 3.05) is 5.75 Å². The Balaban J connectivity index is 1.36. The van der Waals surface area contributed by atoms with Crippen LogP contribution in [0.25, 0.3) is 11.1 Å². The maximum atomic E-state index is 12.2. The monoisotopic (exact) mass is 658 g/mol. The Labute approximate surface area is 269 Å². The summed E-state index contributed by atoms with van der Waals surface area (Å²) in [6, 6.07) is 28.7. The summed E-state index contributed by atoms with van der Waals surface area (Å²) < 4.78 is 11.8. The molecule has 0 radical (unpaired) electrons. The molecule has 43 heavy (non-hydrogen) atoms. The number of carbonyl (C=O) groups excluding carboxylic acids is 1. The molecule has 1 amide bonds. The summed E-state index contributed by atoms with van der Waals surface area (Å²) in [5.74, 6) is -0.124. The Bertz CT molecular complexity index is 1550. The molecule has 1 aromatic heterocycles. The number of thioether (sulfide) groups is 1. The number of nitrogens with one attached hydrogen (secondary N) is 1. The van der Waals surface area contributed by atoms with Crippen molar-refractivity contribution >= 4 is 52.5 Å². The molecule has 5 rings (SSSR count). The van der Waals surface area contributed by atoms with Crippen LogP contribution >= 0.6 is 46.6 Å². The standard InChI is InChI=1S/C32H29Cl3N2O5S/c33-32(34,35)31(39)36-18-22-5-3-6-24(15-22)25-7-4-8-26(16-25)30-41-27(20-43-29-9-1-2-14-37(29)40)17-28(42-30)23-12-10-21(19-38)11-13-23/h1-16,27-28,30,38H,17-20H2,(H,36,39)/t27-,28+,30+/m0/s1. The minimum Gasteiger partial charge on any atom is -0.618 e. The van der Waals surface area contributed by atoms with Crippen molar-refractivity contribution in [1.82, 2.24) is 5.32 Å². The topological polar surface area (TPSA) is 94.7 Å². The molecule has 4 aromatic rings. The zero-order valence-corrected chi connectivity index (χ0v) is 26.0. The normalized spacial score (nSPS) is 18.7. The lowest BCUT2D eigenvalue weighted by molar-refractivity contribution is -0.645. The molecule has 1 aliphatic rings. The van der Waals surface area contributed by atoms with Crippen molar-refractivity contribution in [2.45, 2.75) is 46.9 Å². The summed E-state index contributed by atoms with van der Waals surface area (Å²) in [7, 11) is 0. The van der Waals surface area contributed by atoms with Gasteiger partial charge < -0.3 is 25.1 Å². The molecule has 224 valence electrons. The van der Waals surface area contributed by atoms with Gasteiger partial charge in [-0.1, -0.05) is 107 Å². The summed E-state index contributed by atoms with van der Waals surface area (Å²) in [6.45, 7) is 0.173. The molecule has 0 spiro atoms. The Hall–Kier alpha value is -2.82. The van der Waals surface area contributed by atoms with Crippen LogP contribution in [-0.2, 0) is 27.4 Å². The molecular formula is C32H29Cl3N2O5S. The van der Waals surface area contributed by atoms with Gasteiger partial charge in [-0.05, 0) is 46.0 Å². The van der Waals surface area contributed by atoms with Crippen LogP contribution in [0.3, 0.4) is 0 Å². The maximum absolute atomic E-state index is 12.2. The minimum absolute atomic E-state index is 0.0314. The van der Waals surface area contributed by atoms with E-state index in [1.54, 1.807) is 12.1 Å². The lowest BCUT2D eigenvalue weighted by atomic mass is 9.99. The highest BCUT2D eigenvalue weighted by Crippen LogP contribution is 2.40. The van der Waals surface area contributed by atoms with Gasteiger partial charge in [0.15, 0.2) is 12.5 Å². The van der Waals surface area contributed by atoms with E-state index in [0.29, 0.717) is 17.2 Å². The number of aliphatic hydroxyl groups is 1. The Morgan fingerprint density at radius 3 is 2.40 bits per heavy atom. The van der Waals surface area contributed by atoms with Gasteiger partial charge in [-0.25, -0.2) is 0 Å². The quantitative estimate of drug-likeness (QED) is 0.0888. The number of hydrogen-bond acceptors (Lipinski definition) is 6. The number of alkyl halides is 3. The fourth-order valence-corrected chi connectivity index (χ4v) is 5.87. The van der Waals surface area contributed by atoms with E-state index in [4.69, 9.17) is 44.3 Å². The van der Waals surface area contributed by atoms with E-state index in [-0.39, 0.29) is 25.4 Å². The van der Waals surface area contributed by atoms with E-state index >= 15 is 0 Å². The van der Waals surface area contributed by atoms with Gasteiger partial charge >= 0.3 is 0 Å². The Morgan fingerprint density at radius 1 is 0.930 bits per heavy atom. The molecule has 3 aromatic carbocycles. The van der Waals surface area contributed by atoms with Gasteiger partial charge in [-0.15, -0.1) is 0 Å². The summed E-state index contributed by atoms with van der Waals surface area (Å²) in [6.07, 6.45) is 0.996. The molecule has 0 bridgehead atoms. The molecule has 1 aliphatic heterocycles. The molecule has 2 N–H and O–H groups in total. The molecule has 2 heterocycles. The zero-order valence-electron chi connectivity index (χ0n) is 22.9. The lowest BCUT2D eigenvalue weighted by Gasteiger charge is -2.36. The van der Waals surface area contributed by atoms with Gasteiger partial charge in [0.25, 0.3) is 14.7 Å². The molecular weight excluding hydrogens is 631 g/mol. The first-order valence-corrected chi connectivity index (χ1v) is 15.7. The van der Waals surface area contributed by atoms with E-state index < -0.39 is 16.0 Å². The van der Waals surface area contributed by atoms with Crippen molar-refractivity contribution in [2.24, 2.45) is 0 Å². The van der Waals surface area contributed by atoms with Crippen molar-refractivity contribution in [3.8, 4) is 11.1 Å². The van der Waals surface area contributed by atoms with E-state index in [1.165, 1.54) is 18.0 Å². The van der Waals surface area contributed by atoms with Crippen LogP contribution in [0.1, 0.15) is 41.1 Å². The number of carbonyl (C=O) groups is 1. The number of nitrogens with zero attached hydrogens (tertiary/aromatic N) is 1. The van der Waals surface area contributed by atoms with Crippen molar-refractivity contribution < 1.29 is 24.1 Å². The lowest BCUT2D eigenvalue weighted by Crippen LogP contribution is -2.33. The van der Waals surface area contributed by atoms with Crippen molar-refractivity contribution in [1.29, 1.82) is 0 Å². The van der Waals surface area contributed by atoms with Crippen LogP contribution < -0.4 is 10.0 Å². The number of hydrogen-bond donors (Lipinski definition) is 2. The molecule has 0 aliphatic carbocycles. The highest BCUT2D eigenvalue weighted by molar-refractivity contribution is 7.99. The first kappa shape index (κ1) is 31.6. The summed E-state index contributed by atoms with van der Waals surface area (Å²) in [5.41, 5.74) is 5.38. The molecule has 0 unspecified atom stereocenters. The smallest absolute Gasteiger partial charge is 0.272 e. The minimum atomic E-state index is -2.03. The third-order valence-corrected chi connectivity index (χ3v) is 8.62. The second kappa shape index (κ2) is 14.3. The Kier molecular flexibility index (Phi) is 10.5. The first-order valence-electron chi connectivity index (χ1n) is 13.6. The zero-order chi connectivity index (χ0) is 30.4. The van der Waals surface area contributed by atoms with Gasteiger partial charge in [-0.2, -0.15) is 4.73 Å². The second-order valence-electron chi connectivity index (χ2n) is 10.0. The van der Waals surface area contributed by atoms with Gasteiger partial charge in [0, 0.05) is 36.4 Å². The van der Waals surface area contributed by atoms with Crippen LogP contribution in [0.15, 0.2) is 102 Å². The van der Waals surface area contributed by atoms with Crippen LogP contribution in [0.4, 0.5) is 0 Å². The van der Waals surface area contributed by atoms with Crippen molar-refractivity contribution in [3.05, 3.63) is 125 Å². The SMILES string of the molecule is O=C(NCc1cccc(-c2cccc([C@@H]3O[C@H](CSc4cccc[n+]4[O-])C[C@H](c4ccc(CO)cc4)O3)c2)c1)C(Cl)(Cl)Cl. The number of pyridine rings is 1. The van der Waals surface area contributed by atoms with Gasteiger partial charge in [0.2, 0.25) is 0 Å². The number of aliphatic hydroxyl groups excluding tert-OH is 1. The average molecular weight is 660 g/mol. The predicted octanol–water partition coefficient (Wildman–Crippen LogP) is 6.80. The number of aromatic nitrogens is 1. The number of ether oxygens (including phenoxy) is 2. The molecule has 0 saturated carbocycles. The highest BCUT2D eigenvalue weighted by Gasteiger charge is 2.33. The van der Waals surface area contributed by atoms with Crippen LogP contribution in [0, 0.1) is 5.21 Å². The molecule has 11 heteroatoms. The number of benzene rings is 3.